The smallest absolute Gasteiger partial charge is 0.306 e. The molecule has 0 saturated heterocycles. The molecule has 0 bridgehead atoms. The normalized spacial score (nSPS) is 20.4. The molecule has 2 heterocycles. The maximum Gasteiger partial charge on any atom is 0.306 e. The maximum atomic E-state index is 12.0. The number of rotatable bonds is 5. The van der Waals surface area contributed by atoms with E-state index in [0.717, 1.165) is 5.56 Å². The van der Waals surface area contributed by atoms with Gasteiger partial charge in [-0.15, -0.1) is 0 Å². The Hall–Kier alpha value is -2.64. The standard InChI is InChI=1S/C14H16N4O4/c1-8-5-15-18(6-8)7-11-4-12(17-22-11)13(19)16-10-2-9(3-10)14(20)21/h4-6,9-10H,2-3,7H2,1H3,(H,16,19)(H,20,21). The van der Waals surface area contributed by atoms with Crippen molar-refractivity contribution in [2.45, 2.75) is 32.4 Å². The van der Waals surface area contributed by atoms with E-state index in [1.165, 1.54) is 0 Å². The largest absolute Gasteiger partial charge is 0.481 e. The molecule has 1 aliphatic rings. The molecule has 1 amide bonds. The number of nitrogens with one attached hydrogen (secondary N) is 1. The predicted molar refractivity (Wildman–Crippen MR) is 74.2 cm³/mol. The molecule has 0 atom stereocenters. The lowest BCUT2D eigenvalue weighted by molar-refractivity contribution is -0.145. The van der Waals surface area contributed by atoms with Crippen LogP contribution in [0.4, 0.5) is 0 Å². The Morgan fingerprint density at radius 3 is 2.91 bits per heavy atom. The highest BCUT2D eigenvalue weighted by Crippen LogP contribution is 2.27. The topological polar surface area (TPSA) is 110 Å². The first kappa shape index (κ1) is 14.3. The van der Waals surface area contributed by atoms with Crippen molar-refractivity contribution < 1.29 is 19.2 Å². The van der Waals surface area contributed by atoms with Crippen LogP contribution in [-0.4, -0.2) is 38.0 Å². The molecule has 8 heteroatoms. The van der Waals surface area contributed by atoms with Gasteiger partial charge in [0.15, 0.2) is 11.5 Å². The molecule has 1 fully saturated rings. The second-order valence-corrected chi connectivity index (χ2v) is 5.57. The lowest BCUT2D eigenvalue weighted by Gasteiger charge is -2.32. The molecule has 3 rings (SSSR count). The molecule has 22 heavy (non-hydrogen) atoms. The zero-order valence-corrected chi connectivity index (χ0v) is 12.0. The molecular formula is C14H16N4O4. The van der Waals surface area contributed by atoms with E-state index in [2.05, 4.69) is 15.6 Å². The van der Waals surface area contributed by atoms with Crippen LogP contribution < -0.4 is 5.32 Å². The number of carbonyl (C=O) groups excluding carboxylic acids is 1. The van der Waals surface area contributed by atoms with Crippen molar-refractivity contribution in [1.29, 1.82) is 0 Å². The minimum absolute atomic E-state index is 0.109. The summed E-state index contributed by atoms with van der Waals surface area (Å²) in [6.07, 6.45) is 4.51. The van der Waals surface area contributed by atoms with Gasteiger partial charge in [-0.05, 0) is 25.3 Å². The average molecular weight is 304 g/mol. The van der Waals surface area contributed by atoms with Crippen LogP contribution in [0.15, 0.2) is 23.0 Å². The molecule has 0 unspecified atom stereocenters. The maximum absolute atomic E-state index is 12.0. The van der Waals surface area contributed by atoms with Gasteiger partial charge in [-0.2, -0.15) is 5.10 Å². The number of amides is 1. The Bertz CT molecular complexity index is 699. The third-order valence-electron chi connectivity index (χ3n) is 3.69. The summed E-state index contributed by atoms with van der Waals surface area (Å²) in [5.74, 6) is -0.990. The quantitative estimate of drug-likeness (QED) is 0.846. The molecule has 0 radical (unpaired) electrons. The third kappa shape index (κ3) is 3.00. The summed E-state index contributed by atoms with van der Waals surface area (Å²) < 4.78 is 6.82. The fourth-order valence-corrected chi connectivity index (χ4v) is 2.40. The first-order chi connectivity index (χ1) is 10.5. The van der Waals surface area contributed by atoms with Crippen molar-refractivity contribution in [3.05, 3.63) is 35.5 Å². The third-order valence-corrected chi connectivity index (χ3v) is 3.69. The average Bonchev–Trinajstić information content (AvgIpc) is 3.02. The van der Waals surface area contributed by atoms with Crippen LogP contribution in [0.3, 0.4) is 0 Å². The molecular weight excluding hydrogens is 288 g/mol. The molecule has 1 aliphatic carbocycles. The lowest BCUT2D eigenvalue weighted by Crippen LogP contribution is -2.46. The van der Waals surface area contributed by atoms with Gasteiger partial charge in [0.25, 0.3) is 5.91 Å². The van der Waals surface area contributed by atoms with Gasteiger partial charge in [-0.25, -0.2) is 0 Å². The van der Waals surface area contributed by atoms with E-state index >= 15 is 0 Å². The molecule has 116 valence electrons. The van der Waals surface area contributed by atoms with Crippen molar-refractivity contribution in [1.82, 2.24) is 20.3 Å². The van der Waals surface area contributed by atoms with Crippen LogP contribution in [0.25, 0.3) is 0 Å². The monoisotopic (exact) mass is 304 g/mol. The number of hydrogen-bond acceptors (Lipinski definition) is 5. The molecule has 0 aromatic carbocycles. The summed E-state index contributed by atoms with van der Waals surface area (Å²) in [6, 6.07) is 1.46. The SMILES string of the molecule is Cc1cnn(Cc2cc(C(=O)NC3CC(C(=O)O)C3)no2)c1. The van der Waals surface area contributed by atoms with Crippen LogP contribution in [0.5, 0.6) is 0 Å². The van der Waals surface area contributed by atoms with Crippen molar-refractivity contribution in [2.24, 2.45) is 5.92 Å². The van der Waals surface area contributed by atoms with E-state index < -0.39 is 5.97 Å². The Morgan fingerprint density at radius 2 is 2.27 bits per heavy atom. The van der Waals surface area contributed by atoms with Gasteiger partial charge in [-0.1, -0.05) is 5.16 Å². The molecule has 2 aromatic rings. The van der Waals surface area contributed by atoms with Crippen LogP contribution >= 0.6 is 0 Å². The van der Waals surface area contributed by atoms with E-state index in [4.69, 9.17) is 9.63 Å². The molecule has 0 aliphatic heterocycles. The van der Waals surface area contributed by atoms with E-state index in [1.54, 1.807) is 16.9 Å². The van der Waals surface area contributed by atoms with Gasteiger partial charge in [0.2, 0.25) is 0 Å². The first-order valence-corrected chi connectivity index (χ1v) is 6.99. The van der Waals surface area contributed by atoms with E-state index in [1.807, 2.05) is 13.1 Å². The number of aryl methyl sites for hydroxylation is 1. The summed E-state index contributed by atoms with van der Waals surface area (Å²) in [7, 11) is 0. The van der Waals surface area contributed by atoms with Gasteiger partial charge in [0.1, 0.15) is 6.54 Å². The fraction of sp³-hybridized carbons (Fsp3) is 0.429. The molecule has 1 saturated carbocycles. The molecule has 2 N–H and O–H groups in total. The Kier molecular flexibility index (Phi) is 3.66. The number of carboxylic acid groups (broad SMARTS) is 1. The Balaban J connectivity index is 1.54. The molecule has 8 nitrogen and oxygen atoms in total. The summed E-state index contributed by atoms with van der Waals surface area (Å²) in [5, 5.41) is 19.4. The number of carbonyl (C=O) groups is 2. The number of aliphatic carboxylic acids is 1. The van der Waals surface area contributed by atoms with Gasteiger partial charge in [0.05, 0.1) is 12.1 Å². The van der Waals surface area contributed by atoms with E-state index in [-0.39, 0.29) is 23.6 Å². The predicted octanol–water partition coefficient (Wildman–Crippen LogP) is 0.821. The van der Waals surface area contributed by atoms with Crippen molar-refractivity contribution in [3.8, 4) is 0 Å². The second kappa shape index (κ2) is 5.63. The molecule has 2 aromatic heterocycles. The highest BCUT2D eigenvalue weighted by atomic mass is 16.5. The second-order valence-electron chi connectivity index (χ2n) is 5.57. The van der Waals surface area contributed by atoms with Crippen molar-refractivity contribution in [3.63, 3.8) is 0 Å². The zero-order chi connectivity index (χ0) is 15.7. The van der Waals surface area contributed by atoms with Crippen LogP contribution in [0, 0.1) is 12.8 Å². The number of nitrogens with zero attached hydrogens (tertiary/aromatic N) is 3. The summed E-state index contributed by atoms with van der Waals surface area (Å²) >= 11 is 0. The first-order valence-electron chi connectivity index (χ1n) is 6.99. The van der Waals surface area contributed by atoms with E-state index in [0.29, 0.717) is 25.1 Å². The summed E-state index contributed by atoms with van der Waals surface area (Å²) in [4.78, 5) is 22.7. The van der Waals surface area contributed by atoms with Gasteiger partial charge in [-0.3, -0.25) is 14.3 Å². The van der Waals surface area contributed by atoms with Crippen LogP contribution in [0.2, 0.25) is 0 Å². The molecule has 0 spiro atoms. The Labute approximate surface area is 126 Å². The van der Waals surface area contributed by atoms with Crippen LogP contribution in [-0.2, 0) is 11.3 Å². The summed E-state index contributed by atoms with van der Waals surface area (Å²) in [6.45, 7) is 2.34. The highest BCUT2D eigenvalue weighted by molar-refractivity contribution is 5.92. The van der Waals surface area contributed by atoms with Crippen molar-refractivity contribution in [2.75, 3.05) is 0 Å². The number of hydrogen-bond donors (Lipinski definition) is 2. The summed E-state index contributed by atoms with van der Waals surface area (Å²) in [5.41, 5.74) is 1.23. The number of carboxylic acids is 1. The minimum atomic E-state index is -0.816. The lowest BCUT2D eigenvalue weighted by atomic mass is 9.80. The zero-order valence-electron chi connectivity index (χ0n) is 12.0. The van der Waals surface area contributed by atoms with Crippen molar-refractivity contribution >= 4 is 11.9 Å². The van der Waals surface area contributed by atoms with Crippen LogP contribution in [0.1, 0.15) is 34.7 Å². The van der Waals surface area contributed by atoms with Gasteiger partial charge >= 0.3 is 5.97 Å². The number of aromatic nitrogens is 3. The Morgan fingerprint density at radius 1 is 1.50 bits per heavy atom. The van der Waals surface area contributed by atoms with Gasteiger partial charge < -0.3 is 14.9 Å². The fourth-order valence-electron chi connectivity index (χ4n) is 2.40. The van der Waals surface area contributed by atoms with Gasteiger partial charge in [0, 0.05) is 18.3 Å². The minimum Gasteiger partial charge on any atom is -0.481 e. The highest BCUT2D eigenvalue weighted by Gasteiger charge is 2.35. The van der Waals surface area contributed by atoms with E-state index in [9.17, 15) is 9.59 Å².